The van der Waals surface area contributed by atoms with Crippen LogP contribution in [0.15, 0.2) is 12.3 Å². The second-order valence-corrected chi connectivity index (χ2v) is 6.63. The second-order valence-electron chi connectivity index (χ2n) is 6.63. The zero-order valence-corrected chi connectivity index (χ0v) is 14.2. The summed E-state index contributed by atoms with van der Waals surface area (Å²) < 4.78 is 2.15. The van der Waals surface area contributed by atoms with Crippen LogP contribution in [0.5, 0.6) is 0 Å². The van der Waals surface area contributed by atoms with Gasteiger partial charge in [-0.25, -0.2) is 0 Å². The molecule has 20 heavy (non-hydrogen) atoms. The van der Waals surface area contributed by atoms with E-state index in [-0.39, 0.29) is 5.41 Å². The van der Waals surface area contributed by atoms with Gasteiger partial charge in [-0.1, -0.05) is 41.5 Å². The number of nitrogens with zero attached hydrogens (tertiary/aromatic N) is 2. The highest BCUT2D eigenvalue weighted by Crippen LogP contribution is 2.26. The Morgan fingerprint density at radius 1 is 1.25 bits per heavy atom. The van der Waals surface area contributed by atoms with Crippen LogP contribution in [0.25, 0.3) is 0 Å². The Morgan fingerprint density at radius 3 is 2.40 bits per heavy atom. The Morgan fingerprint density at radius 2 is 1.90 bits per heavy atom. The molecule has 0 aromatic carbocycles. The van der Waals surface area contributed by atoms with Crippen LogP contribution >= 0.6 is 0 Å². The van der Waals surface area contributed by atoms with Gasteiger partial charge in [-0.2, -0.15) is 5.10 Å². The van der Waals surface area contributed by atoms with Gasteiger partial charge in [0.1, 0.15) is 0 Å². The molecule has 1 heterocycles. The molecule has 0 radical (unpaired) electrons. The molecule has 116 valence electrons. The van der Waals surface area contributed by atoms with Crippen LogP contribution < -0.4 is 5.32 Å². The molecule has 3 heteroatoms. The van der Waals surface area contributed by atoms with Gasteiger partial charge in [-0.3, -0.25) is 4.68 Å². The summed E-state index contributed by atoms with van der Waals surface area (Å²) in [6.45, 7) is 14.6. The number of rotatable bonds is 9. The topological polar surface area (TPSA) is 29.9 Å². The third-order valence-corrected chi connectivity index (χ3v) is 4.38. The smallest absolute Gasteiger partial charge is 0.0630 e. The molecular formula is C17H33N3. The average Bonchev–Trinajstić information content (AvgIpc) is 2.86. The molecular weight excluding hydrogens is 246 g/mol. The van der Waals surface area contributed by atoms with Gasteiger partial charge in [-0.15, -0.1) is 0 Å². The van der Waals surface area contributed by atoms with E-state index >= 15 is 0 Å². The lowest BCUT2D eigenvalue weighted by Crippen LogP contribution is -2.36. The normalized spacial score (nSPS) is 15.0. The first-order valence-electron chi connectivity index (χ1n) is 8.21. The summed E-state index contributed by atoms with van der Waals surface area (Å²) in [4.78, 5) is 0. The van der Waals surface area contributed by atoms with E-state index in [0.717, 1.165) is 25.8 Å². The minimum Gasteiger partial charge on any atom is -0.314 e. The minimum absolute atomic E-state index is 0.289. The molecule has 0 saturated carbocycles. The van der Waals surface area contributed by atoms with Crippen molar-refractivity contribution >= 4 is 0 Å². The van der Waals surface area contributed by atoms with Crippen LogP contribution in [0.2, 0.25) is 0 Å². The molecule has 1 unspecified atom stereocenters. The highest BCUT2D eigenvalue weighted by molar-refractivity contribution is 5.04. The molecule has 0 amide bonds. The number of nitrogens with one attached hydrogen (secondary N) is 1. The summed E-state index contributed by atoms with van der Waals surface area (Å²) >= 11 is 0. The maximum atomic E-state index is 4.80. The summed E-state index contributed by atoms with van der Waals surface area (Å²) in [7, 11) is 0. The van der Waals surface area contributed by atoms with Crippen molar-refractivity contribution in [1.82, 2.24) is 15.1 Å². The summed E-state index contributed by atoms with van der Waals surface area (Å²) in [6.07, 6.45) is 6.68. The molecule has 0 saturated heterocycles. The standard InChI is InChI=1S/C17H33N3/c1-7-16(8-2)20-11-10-15(19-20)12-17(6,9-3)13-18-14(4)5/h10-11,14,16,18H,7-9,12-13H2,1-6H3. The second kappa shape index (κ2) is 7.82. The summed E-state index contributed by atoms with van der Waals surface area (Å²) in [5.74, 6) is 0. The first kappa shape index (κ1) is 17.2. The number of hydrogen-bond donors (Lipinski definition) is 1. The van der Waals surface area contributed by atoms with Crippen LogP contribution in [0.3, 0.4) is 0 Å². The molecule has 0 bridgehead atoms. The van der Waals surface area contributed by atoms with E-state index in [9.17, 15) is 0 Å². The predicted molar refractivity (Wildman–Crippen MR) is 87.1 cm³/mol. The number of aromatic nitrogens is 2. The van der Waals surface area contributed by atoms with Gasteiger partial charge in [0, 0.05) is 18.8 Å². The molecule has 0 spiro atoms. The van der Waals surface area contributed by atoms with Crippen molar-refractivity contribution in [3.8, 4) is 0 Å². The summed E-state index contributed by atoms with van der Waals surface area (Å²) in [6, 6.07) is 3.29. The molecule has 1 rings (SSSR count). The maximum Gasteiger partial charge on any atom is 0.0630 e. The Kier molecular flexibility index (Phi) is 6.74. The fraction of sp³-hybridized carbons (Fsp3) is 0.824. The molecule has 1 N–H and O–H groups in total. The Labute approximate surface area is 125 Å². The lowest BCUT2D eigenvalue weighted by Gasteiger charge is -2.29. The monoisotopic (exact) mass is 279 g/mol. The molecule has 0 aliphatic carbocycles. The molecule has 1 atom stereocenters. The molecule has 0 fully saturated rings. The predicted octanol–water partition coefficient (Wildman–Crippen LogP) is 4.20. The van der Waals surface area contributed by atoms with Gasteiger partial charge in [0.05, 0.1) is 11.7 Å². The minimum atomic E-state index is 0.289. The Balaban J connectivity index is 2.70. The Hall–Kier alpha value is -0.830. The fourth-order valence-electron chi connectivity index (χ4n) is 2.54. The highest BCUT2D eigenvalue weighted by atomic mass is 15.3. The lowest BCUT2D eigenvalue weighted by atomic mass is 9.82. The molecule has 1 aromatic heterocycles. The van der Waals surface area contributed by atoms with Crippen molar-refractivity contribution in [3.05, 3.63) is 18.0 Å². The van der Waals surface area contributed by atoms with E-state index in [4.69, 9.17) is 5.10 Å². The molecule has 1 aromatic rings. The molecule has 3 nitrogen and oxygen atoms in total. The fourth-order valence-corrected chi connectivity index (χ4v) is 2.54. The average molecular weight is 279 g/mol. The molecule has 0 aliphatic heterocycles. The van der Waals surface area contributed by atoms with Crippen molar-refractivity contribution < 1.29 is 0 Å². The van der Waals surface area contributed by atoms with Crippen molar-refractivity contribution in [2.75, 3.05) is 6.54 Å². The van der Waals surface area contributed by atoms with Crippen molar-refractivity contribution in [2.45, 2.75) is 79.3 Å². The van der Waals surface area contributed by atoms with Crippen LogP contribution in [0.4, 0.5) is 0 Å². The van der Waals surface area contributed by atoms with E-state index in [1.807, 2.05) is 0 Å². The first-order chi connectivity index (χ1) is 9.44. The summed E-state index contributed by atoms with van der Waals surface area (Å²) in [5.41, 5.74) is 1.52. The quantitative estimate of drug-likeness (QED) is 0.734. The summed E-state index contributed by atoms with van der Waals surface area (Å²) in [5, 5.41) is 8.38. The van der Waals surface area contributed by atoms with E-state index in [1.54, 1.807) is 0 Å². The van der Waals surface area contributed by atoms with Crippen LogP contribution in [-0.4, -0.2) is 22.4 Å². The van der Waals surface area contributed by atoms with Crippen molar-refractivity contribution in [1.29, 1.82) is 0 Å². The van der Waals surface area contributed by atoms with Gasteiger partial charge in [0.2, 0.25) is 0 Å². The van der Waals surface area contributed by atoms with Gasteiger partial charge >= 0.3 is 0 Å². The van der Waals surface area contributed by atoms with E-state index in [0.29, 0.717) is 12.1 Å². The zero-order chi connectivity index (χ0) is 15.2. The highest BCUT2D eigenvalue weighted by Gasteiger charge is 2.24. The van der Waals surface area contributed by atoms with Gasteiger partial charge in [0.15, 0.2) is 0 Å². The van der Waals surface area contributed by atoms with E-state index < -0.39 is 0 Å². The van der Waals surface area contributed by atoms with Gasteiger partial charge in [0.25, 0.3) is 0 Å². The van der Waals surface area contributed by atoms with Gasteiger partial charge in [-0.05, 0) is 37.2 Å². The zero-order valence-electron chi connectivity index (χ0n) is 14.2. The third kappa shape index (κ3) is 4.93. The van der Waals surface area contributed by atoms with Crippen LogP contribution in [0.1, 0.15) is 72.5 Å². The number of hydrogen-bond acceptors (Lipinski definition) is 2. The largest absolute Gasteiger partial charge is 0.314 e. The van der Waals surface area contributed by atoms with E-state index in [1.165, 1.54) is 12.1 Å². The lowest BCUT2D eigenvalue weighted by molar-refractivity contribution is 0.277. The SMILES string of the molecule is CCC(CC)n1ccc(CC(C)(CC)CNC(C)C)n1. The van der Waals surface area contributed by atoms with Crippen LogP contribution in [-0.2, 0) is 6.42 Å². The Bertz CT molecular complexity index is 379. The van der Waals surface area contributed by atoms with Crippen molar-refractivity contribution in [3.63, 3.8) is 0 Å². The van der Waals surface area contributed by atoms with E-state index in [2.05, 4.69) is 63.8 Å². The maximum absolute atomic E-state index is 4.80. The van der Waals surface area contributed by atoms with Crippen molar-refractivity contribution in [2.24, 2.45) is 5.41 Å². The first-order valence-corrected chi connectivity index (χ1v) is 8.21. The molecule has 0 aliphatic rings. The third-order valence-electron chi connectivity index (χ3n) is 4.38. The van der Waals surface area contributed by atoms with Gasteiger partial charge < -0.3 is 5.32 Å². The van der Waals surface area contributed by atoms with Crippen LogP contribution in [0, 0.1) is 5.41 Å².